The zero-order valence-corrected chi connectivity index (χ0v) is 21.1. The van der Waals surface area contributed by atoms with Crippen molar-refractivity contribution in [3.63, 3.8) is 0 Å². The van der Waals surface area contributed by atoms with Crippen LogP contribution in [0.2, 0.25) is 0 Å². The van der Waals surface area contributed by atoms with Crippen LogP contribution < -0.4 is 29.7 Å². The van der Waals surface area contributed by atoms with E-state index < -0.39 is 5.97 Å². The molecule has 198 valence electrons. The van der Waals surface area contributed by atoms with Gasteiger partial charge in [-0.2, -0.15) is 0 Å². The number of carbonyl (C=O) groups excluding carboxylic acids is 2. The summed E-state index contributed by atoms with van der Waals surface area (Å²) in [6, 6.07) is 15.3. The Balaban J connectivity index is 1.19. The number of quaternary nitrogens is 1. The second kappa shape index (κ2) is 9.32. The zero-order chi connectivity index (χ0) is 26.5. The van der Waals surface area contributed by atoms with Crippen molar-refractivity contribution in [3.8, 4) is 22.8 Å². The minimum Gasteiger partial charge on any atom is -0.550 e. The molecule has 10 nitrogen and oxygen atoms in total. The van der Waals surface area contributed by atoms with Crippen LogP contribution in [0.1, 0.15) is 27.9 Å². The molecular weight excluding hydrogens is 500 g/mol. The molecule has 4 aromatic rings. The maximum atomic E-state index is 13.6. The van der Waals surface area contributed by atoms with Crippen LogP contribution in [-0.4, -0.2) is 56.4 Å². The molecule has 2 aliphatic heterocycles. The number of ether oxygens (including phenoxy) is 2. The van der Waals surface area contributed by atoms with Gasteiger partial charge in [0.05, 0.1) is 42.8 Å². The first-order valence-corrected chi connectivity index (χ1v) is 13.1. The van der Waals surface area contributed by atoms with Gasteiger partial charge in [0, 0.05) is 41.3 Å². The molecule has 1 fully saturated rings. The van der Waals surface area contributed by atoms with Gasteiger partial charge >= 0.3 is 0 Å². The minimum atomic E-state index is -1.15. The van der Waals surface area contributed by atoms with Gasteiger partial charge < -0.3 is 39.0 Å². The highest BCUT2D eigenvalue weighted by molar-refractivity contribution is 6.28. The van der Waals surface area contributed by atoms with Crippen LogP contribution in [0, 0.1) is 0 Å². The van der Waals surface area contributed by atoms with Crippen molar-refractivity contribution in [2.24, 2.45) is 0 Å². The predicted molar refractivity (Wildman–Crippen MR) is 140 cm³/mol. The van der Waals surface area contributed by atoms with Crippen molar-refractivity contribution in [2.75, 3.05) is 49.7 Å². The van der Waals surface area contributed by atoms with Crippen molar-refractivity contribution in [3.05, 3.63) is 65.2 Å². The molecule has 0 radical (unpaired) electrons. The van der Waals surface area contributed by atoms with E-state index in [1.54, 1.807) is 6.07 Å². The first-order chi connectivity index (χ1) is 19.1. The number of nitrogens with zero attached hydrogens (tertiary/aromatic N) is 2. The van der Waals surface area contributed by atoms with E-state index in [1.807, 2.05) is 30.3 Å². The van der Waals surface area contributed by atoms with Gasteiger partial charge in [-0.3, -0.25) is 4.79 Å². The predicted octanol–water partition coefficient (Wildman–Crippen LogP) is 1.22. The summed E-state index contributed by atoms with van der Waals surface area (Å²) in [7, 11) is 0. The van der Waals surface area contributed by atoms with Gasteiger partial charge in [0.15, 0.2) is 23.0 Å². The van der Waals surface area contributed by atoms with Crippen LogP contribution in [0.4, 0.5) is 11.4 Å². The number of nitrogens with one attached hydrogen (secondary N) is 2. The topological polar surface area (TPSA) is 121 Å². The molecule has 7 rings (SSSR count). The molecule has 0 atom stereocenters. The van der Waals surface area contributed by atoms with Gasteiger partial charge in [-0.05, 0) is 24.3 Å². The number of ketones is 1. The van der Waals surface area contributed by atoms with Crippen LogP contribution in [0.3, 0.4) is 0 Å². The number of aliphatic carboxylic acids is 1. The molecule has 1 aromatic heterocycles. The van der Waals surface area contributed by atoms with Gasteiger partial charge in [-0.25, -0.2) is 0 Å². The Kier molecular flexibility index (Phi) is 5.62. The smallest absolute Gasteiger partial charge is 0.231 e. The summed E-state index contributed by atoms with van der Waals surface area (Å²) in [5, 5.41) is 19.4. The second-order valence-electron chi connectivity index (χ2n) is 10.1. The van der Waals surface area contributed by atoms with E-state index in [0.717, 1.165) is 49.9 Å². The highest BCUT2D eigenvalue weighted by atomic mass is 16.7. The van der Waals surface area contributed by atoms with E-state index in [9.17, 15) is 14.7 Å². The molecule has 3 aromatic carbocycles. The number of rotatable bonds is 7. The fourth-order valence-corrected chi connectivity index (χ4v) is 5.80. The maximum absolute atomic E-state index is 13.6. The van der Waals surface area contributed by atoms with E-state index >= 15 is 0 Å². The third-order valence-corrected chi connectivity index (χ3v) is 7.73. The van der Waals surface area contributed by atoms with E-state index in [0.29, 0.717) is 39.0 Å². The summed E-state index contributed by atoms with van der Waals surface area (Å²) in [5.74, 6) is 0.864. The largest absolute Gasteiger partial charge is 0.550 e. The van der Waals surface area contributed by atoms with Gasteiger partial charge in [-0.15, -0.1) is 0 Å². The number of anilines is 2. The molecule has 0 bridgehead atoms. The third-order valence-electron chi connectivity index (χ3n) is 7.73. The summed E-state index contributed by atoms with van der Waals surface area (Å²) < 4.78 is 16.8. The van der Waals surface area contributed by atoms with Crippen LogP contribution in [-0.2, 0) is 11.3 Å². The van der Waals surface area contributed by atoms with Crippen molar-refractivity contribution < 1.29 is 33.6 Å². The third kappa shape index (κ3) is 4.04. The molecule has 3 aliphatic rings. The summed E-state index contributed by atoms with van der Waals surface area (Å²) in [5.41, 5.74) is 5.02. The number of aromatic nitrogens is 1. The van der Waals surface area contributed by atoms with Gasteiger partial charge in [0.2, 0.25) is 6.79 Å². The first kappa shape index (κ1) is 23.5. The summed E-state index contributed by atoms with van der Waals surface area (Å²) >= 11 is 0. The number of hydrogen-bond acceptors (Lipinski definition) is 9. The Bertz CT molecular complexity index is 1620. The fourth-order valence-electron chi connectivity index (χ4n) is 5.80. The van der Waals surface area contributed by atoms with E-state index in [-0.39, 0.29) is 25.5 Å². The number of fused-ring (bicyclic) bond motifs is 3. The standard InChI is InChI=1S/C29H26N4O6/c34-24(35)7-8-30-20-14-21(27-26-25(20)28(36)18-3-1-2-4-19(18)29(26)39-31-27)33-11-9-32(10-12-33)15-17-5-6-22-23(13-17)38-16-37-22/h1-6,13-14,30H,7-12,15-16H2,(H,34,35). The van der Waals surface area contributed by atoms with Crippen LogP contribution >= 0.6 is 0 Å². The normalized spacial score (nSPS) is 16.0. The Morgan fingerprint density at radius 2 is 1.85 bits per heavy atom. The number of benzene rings is 3. The first-order valence-electron chi connectivity index (χ1n) is 13.1. The van der Waals surface area contributed by atoms with Gasteiger partial charge in [0.1, 0.15) is 12.1 Å². The average molecular weight is 527 g/mol. The molecule has 0 unspecified atom stereocenters. The number of carboxylic acids is 1. The Labute approximate surface area is 223 Å². The molecule has 39 heavy (non-hydrogen) atoms. The molecule has 0 spiro atoms. The fraction of sp³-hybridized carbons (Fsp3) is 0.276. The van der Waals surface area contributed by atoms with Crippen molar-refractivity contribution in [1.29, 1.82) is 0 Å². The lowest BCUT2D eigenvalue weighted by Crippen LogP contribution is -3.13. The van der Waals surface area contributed by atoms with Crippen LogP contribution in [0.5, 0.6) is 11.5 Å². The number of carbonyl (C=O) groups is 2. The zero-order valence-electron chi connectivity index (χ0n) is 21.1. The number of hydrogen-bond donors (Lipinski definition) is 2. The number of piperazine rings is 1. The Morgan fingerprint density at radius 1 is 1.05 bits per heavy atom. The number of carboxylic acid groups (broad SMARTS) is 1. The highest BCUT2D eigenvalue weighted by Crippen LogP contribution is 2.45. The molecule has 0 saturated carbocycles. The van der Waals surface area contributed by atoms with Gasteiger partial charge in [0.25, 0.3) is 0 Å². The van der Waals surface area contributed by atoms with E-state index in [4.69, 9.17) is 14.0 Å². The van der Waals surface area contributed by atoms with Crippen LogP contribution in [0.15, 0.2) is 53.1 Å². The molecular formula is C29H26N4O6. The lowest BCUT2D eigenvalue weighted by atomic mass is 9.86. The molecule has 1 aliphatic carbocycles. The molecule has 1 saturated heterocycles. The molecule has 2 N–H and O–H groups in total. The minimum absolute atomic E-state index is 0.133. The monoisotopic (exact) mass is 526 g/mol. The SMILES string of the molecule is O=C([O-])CCNc1cc(N2CC[NH+](Cc3ccc4c(c3)OCO4)CC2)c2noc3c2c1C(=O)c1ccccc1-3. The van der Waals surface area contributed by atoms with E-state index in [2.05, 4.69) is 27.5 Å². The van der Waals surface area contributed by atoms with E-state index in [1.165, 1.54) is 10.5 Å². The second-order valence-corrected chi connectivity index (χ2v) is 10.1. The molecule has 10 heteroatoms. The summed E-state index contributed by atoms with van der Waals surface area (Å²) in [6.07, 6.45) is -0.171. The van der Waals surface area contributed by atoms with Crippen molar-refractivity contribution in [1.82, 2.24) is 5.16 Å². The summed E-state index contributed by atoms with van der Waals surface area (Å²) in [4.78, 5) is 28.4. The lowest BCUT2D eigenvalue weighted by Gasteiger charge is -2.34. The average Bonchev–Trinajstić information content (AvgIpc) is 3.60. The van der Waals surface area contributed by atoms with Crippen molar-refractivity contribution >= 4 is 34.0 Å². The van der Waals surface area contributed by atoms with Crippen molar-refractivity contribution in [2.45, 2.75) is 13.0 Å². The highest BCUT2D eigenvalue weighted by Gasteiger charge is 2.34. The summed E-state index contributed by atoms with van der Waals surface area (Å²) in [6.45, 7) is 4.70. The van der Waals surface area contributed by atoms with Gasteiger partial charge in [-0.1, -0.05) is 29.4 Å². The molecule has 0 amide bonds. The Hall–Kier alpha value is -4.57. The van der Waals surface area contributed by atoms with Crippen LogP contribution in [0.25, 0.3) is 22.2 Å². The molecule has 3 heterocycles. The Morgan fingerprint density at radius 3 is 2.67 bits per heavy atom. The lowest BCUT2D eigenvalue weighted by molar-refractivity contribution is -0.914. The maximum Gasteiger partial charge on any atom is 0.231 e. The quantitative estimate of drug-likeness (QED) is 0.322.